The number of nitrogens with zero attached hydrogens (tertiary/aromatic N) is 2. The number of carbonyl (C=O) groups excluding carboxylic acids is 1. The number of halogens is 4. The number of benzene rings is 4. The molecule has 1 aliphatic rings. The summed E-state index contributed by atoms with van der Waals surface area (Å²) in [5.74, 6) is -2.52. The molecule has 0 unspecified atom stereocenters. The molecule has 8 nitrogen and oxygen atoms in total. The van der Waals surface area contributed by atoms with Crippen LogP contribution in [0, 0.1) is 19.7 Å². The van der Waals surface area contributed by atoms with Crippen molar-refractivity contribution in [2.75, 3.05) is 10.3 Å². The van der Waals surface area contributed by atoms with Gasteiger partial charge in [-0.3, -0.25) is 15.1 Å². The van der Waals surface area contributed by atoms with Gasteiger partial charge in [0.15, 0.2) is 5.71 Å². The van der Waals surface area contributed by atoms with Crippen molar-refractivity contribution in [3.05, 3.63) is 101 Å². The molecule has 42 heavy (non-hydrogen) atoms. The average molecular weight is 580 g/mol. The van der Waals surface area contributed by atoms with E-state index in [1.165, 1.54) is 36.4 Å². The highest BCUT2D eigenvalue weighted by Gasteiger charge is 2.41. The number of carbonyl (C=O) groups is 2. The fourth-order valence-electron chi connectivity index (χ4n) is 4.74. The lowest BCUT2D eigenvalue weighted by atomic mass is 10.0. The van der Waals surface area contributed by atoms with Gasteiger partial charge in [0, 0.05) is 11.3 Å². The third kappa shape index (κ3) is 5.33. The van der Waals surface area contributed by atoms with Crippen LogP contribution in [-0.2, 0) is 11.0 Å². The Labute approximate surface area is 236 Å². The number of fused-ring (bicyclic) bond motifs is 1. The molecule has 1 amide bonds. The molecule has 4 aromatic carbocycles. The first kappa shape index (κ1) is 28.1. The third-order valence-corrected chi connectivity index (χ3v) is 6.42. The Balaban J connectivity index is 1.58. The molecule has 12 heteroatoms. The summed E-state index contributed by atoms with van der Waals surface area (Å²) in [6.45, 7) is 3.50. The average Bonchev–Trinajstić information content (AvgIpc) is 3.18. The molecule has 3 N–H and O–H groups in total. The summed E-state index contributed by atoms with van der Waals surface area (Å²) in [6, 6.07) is 16.3. The van der Waals surface area contributed by atoms with Crippen LogP contribution in [0.5, 0.6) is 11.5 Å². The van der Waals surface area contributed by atoms with Gasteiger partial charge < -0.3 is 14.9 Å². The second kappa shape index (κ2) is 10.5. The minimum atomic E-state index is -4.87. The Kier molecular flexibility index (Phi) is 7.07. The summed E-state index contributed by atoms with van der Waals surface area (Å²) in [5, 5.41) is 23.8. The highest BCUT2D eigenvalue weighted by molar-refractivity contribution is 6.55. The van der Waals surface area contributed by atoms with Gasteiger partial charge in [0.1, 0.15) is 17.3 Å². The Morgan fingerprint density at radius 1 is 0.976 bits per heavy atom. The molecule has 0 radical (unpaired) electrons. The maximum atomic E-state index is 15.3. The zero-order valence-corrected chi connectivity index (χ0v) is 22.0. The number of nitrogens with one attached hydrogen (secondary N) is 1. The molecule has 4 aromatic rings. The number of para-hydroxylation sites is 1. The Morgan fingerprint density at radius 2 is 1.67 bits per heavy atom. The van der Waals surface area contributed by atoms with E-state index in [0.717, 1.165) is 16.0 Å². The van der Waals surface area contributed by atoms with Gasteiger partial charge in [0.2, 0.25) is 0 Å². The monoisotopic (exact) mass is 579 g/mol. The van der Waals surface area contributed by atoms with E-state index in [2.05, 4.69) is 15.3 Å². The van der Waals surface area contributed by atoms with Crippen molar-refractivity contribution in [1.29, 1.82) is 0 Å². The molecule has 1 aliphatic heterocycles. The molecule has 0 saturated heterocycles. The van der Waals surface area contributed by atoms with Crippen LogP contribution in [0.25, 0.3) is 11.1 Å². The number of hydrogen-bond donors (Lipinski definition) is 3. The van der Waals surface area contributed by atoms with Crippen LogP contribution >= 0.6 is 0 Å². The van der Waals surface area contributed by atoms with Gasteiger partial charge in [-0.25, -0.2) is 9.18 Å². The summed E-state index contributed by atoms with van der Waals surface area (Å²) in [7, 11) is 0. The third-order valence-electron chi connectivity index (χ3n) is 6.42. The van der Waals surface area contributed by atoms with Crippen molar-refractivity contribution in [2.24, 2.45) is 5.10 Å². The van der Waals surface area contributed by atoms with E-state index >= 15 is 4.39 Å². The maximum absolute atomic E-state index is 15.3. The predicted molar refractivity (Wildman–Crippen MR) is 147 cm³/mol. The van der Waals surface area contributed by atoms with Crippen molar-refractivity contribution in [3.8, 4) is 22.6 Å². The van der Waals surface area contributed by atoms with Crippen molar-refractivity contribution in [1.82, 2.24) is 0 Å². The number of amides is 1. The number of ether oxygens (including phenoxy) is 1. The van der Waals surface area contributed by atoms with Gasteiger partial charge >= 0.3 is 12.3 Å². The molecule has 0 saturated carbocycles. The summed E-state index contributed by atoms with van der Waals surface area (Å²) in [5.41, 5.74) is 2.30. The van der Waals surface area contributed by atoms with E-state index in [9.17, 15) is 27.9 Å². The van der Waals surface area contributed by atoms with Crippen molar-refractivity contribution < 1.29 is 42.1 Å². The number of hydrogen-bond acceptors (Lipinski definition) is 6. The van der Waals surface area contributed by atoms with Crippen molar-refractivity contribution >= 4 is 34.8 Å². The normalized spacial score (nSPS) is 13.8. The van der Waals surface area contributed by atoms with Crippen LogP contribution < -0.4 is 15.1 Å². The van der Waals surface area contributed by atoms with Crippen LogP contribution in [0.3, 0.4) is 0 Å². The summed E-state index contributed by atoms with van der Waals surface area (Å²) >= 11 is 0. The first-order valence-corrected chi connectivity index (χ1v) is 12.3. The Hall–Kier alpha value is -5.39. The van der Waals surface area contributed by atoms with Crippen molar-refractivity contribution in [3.63, 3.8) is 0 Å². The van der Waals surface area contributed by atoms with E-state index in [4.69, 9.17) is 5.11 Å². The molecule has 214 valence electrons. The zero-order chi connectivity index (χ0) is 30.3. The fraction of sp³-hybridized carbons (Fsp3) is 0.100. The summed E-state index contributed by atoms with van der Waals surface area (Å²) in [6.07, 6.45) is -6.39. The Bertz CT molecular complexity index is 1770. The van der Waals surface area contributed by atoms with E-state index in [0.29, 0.717) is 17.7 Å². The van der Waals surface area contributed by atoms with E-state index < -0.39 is 40.9 Å². The molecule has 0 atom stereocenters. The van der Waals surface area contributed by atoms with Gasteiger partial charge in [-0.05, 0) is 73.0 Å². The van der Waals surface area contributed by atoms with Gasteiger partial charge in [-0.1, -0.05) is 30.3 Å². The van der Waals surface area contributed by atoms with E-state index in [1.807, 2.05) is 6.07 Å². The van der Waals surface area contributed by atoms with Crippen LogP contribution in [0.1, 0.15) is 22.3 Å². The smallest absolute Gasteiger partial charge is 0.505 e. The number of anilines is 3. The van der Waals surface area contributed by atoms with Crippen LogP contribution in [0.2, 0.25) is 0 Å². The standard InChI is InChI=1S/C30H21F4N3O5/c1-15-9-16(2)11-19(10-15)37-24-14-18(30(32,33)34)13-22(31)25(24)26(28(37)39)36-35-23-8-4-7-21(27(23)38)17-5-3-6-20(12-17)42-29(40)41/h3-14,35,38H,1-2H3,(H,40,41). The quantitative estimate of drug-likeness (QED) is 0.0748. The summed E-state index contributed by atoms with van der Waals surface area (Å²) in [4.78, 5) is 25.5. The lowest BCUT2D eigenvalue weighted by molar-refractivity contribution is -0.137. The van der Waals surface area contributed by atoms with Crippen LogP contribution in [0.15, 0.2) is 77.9 Å². The molecule has 0 aromatic heterocycles. The number of aryl methyl sites for hydroxylation is 2. The highest BCUT2D eigenvalue weighted by Crippen LogP contribution is 2.43. The molecule has 5 rings (SSSR count). The lowest BCUT2D eigenvalue weighted by Gasteiger charge is -2.19. The first-order valence-electron chi connectivity index (χ1n) is 12.3. The fourth-order valence-corrected chi connectivity index (χ4v) is 4.74. The second-order valence-electron chi connectivity index (χ2n) is 9.51. The molecule has 0 bridgehead atoms. The number of hydrazone groups is 1. The molecular formula is C30H21F4N3O5. The number of rotatable bonds is 5. The number of phenols is 1. The zero-order valence-electron chi connectivity index (χ0n) is 22.0. The topological polar surface area (TPSA) is 111 Å². The largest absolute Gasteiger partial charge is 0.511 e. The number of alkyl halides is 3. The highest BCUT2D eigenvalue weighted by atomic mass is 19.4. The molecular weight excluding hydrogens is 558 g/mol. The van der Waals surface area contributed by atoms with Gasteiger partial charge in [-0.2, -0.15) is 18.3 Å². The first-order chi connectivity index (χ1) is 19.8. The molecule has 0 aliphatic carbocycles. The van der Waals surface area contributed by atoms with E-state index in [1.54, 1.807) is 32.0 Å². The minimum Gasteiger partial charge on any atom is -0.505 e. The number of phenolic OH excluding ortho intramolecular Hbond substituents is 1. The molecule has 0 spiro atoms. The summed E-state index contributed by atoms with van der Waals surface area (Å²) < 4.78 is 60.7. The maximum Gasteiger partial charge on any atom is 0.511 e. The second-order valence-corrected chi connectivity index (χ2v) is 9.51. The SMILES string of the molecule is Cc1cc(C)cc(N2C(=O)C(=NNc3cccc(-c4cccc(OC(=O)O)c4)c3O)c3c(F)cc(C(F)(F)F)cc32)c1. The van der Waals surface area contributed by atoms with Gasteiger partial charge in [-0.15, -0.1) is 0 Å². The number of aromatic hydroxyl groups is 1. The van der Waals surface area contributed by atoms with E-state index in [-0.39, 0.29) is 34.1 Å². The van der Waals surface area contributed by atoms with Gasteiger partial charge in [0.05, 0.1) is 22.5 Å². The van der Waals surface area contributed by atoms with Crippen molar-refractivity contribution in [2.45, 2.75) is 20.0 Å². The van der Waals surface area contributed by atoms with Gasteiger partial charge in [0.25, 0.3) is 5.91 Å². The lowest BCUT2D eigenvalue weighted by Crippen LogP contribution is -2.26. The molecule has 1 heterocycles. The molecule has 0 fully saturated rings. The van der Waals surface area contributed by atoms with Crippen LogP contribution in [-0.4, -0.2) is 28.0 Å². The Morgan fingerprint density at radius 3 is 2.33 bits per heavy atom. The predicted octanol–water partition coefficient (Wildman–Crippen LogP) is 7.39. The van der Waals surface area contributed by atoms with Crippen LogP contribution in [0.4, 0.5) is 39.4 Å². The number of carboxylic acid groups (broad SMARTS) is 1. The minimum absolute atomic E-state index is 0.00587.